The summed E-state index contributed by atoms with van der Waals surface area (Å²) in [4.78, 5) is 17.3. The third kappa shape index (κ3) is 6.32. The molecule has 0 aliphatic heterocycles. The molecular weight excluding hydrogens is 358 g/mol. The van der Waals surface area contributed by atoms with Crippen molar-refractivity contribution in [2.75, 3.05) is 5.32 Å². The molecule has 1 N–H and O–H groups in total. The number of unbranched alkanes of at least 4 members (excludes halogenated alkanes) is 2. The molecule has 0 aliphatic carbocycles. The van der Waals surface area contributed by atoms with Gasteiger partial charge in [-0.05, 0) is 30.5 Å². The van der Waals surface area contributed by atoms with Gasteiger partial charge in [-0.2, -0.15) is 0 Å². The highest BCUT2D eigenvalue weighted by atomic mass is 16.2. The fraction of sp³-hybridized carbons (Fsp3) is 0.680. The first-order chi connectivity index (χ1) is 13.4. The van der Waals surface area contributed by atoms with Crippen LogP contribution in [0.4, 0.5) is 5.69 Å². The number of nitrogens with one attached hydrogen (secondary N) is 1. The number of fused-ring (bicyclic) bond motifs is 1. The van der Waals surface area contributed by atoms with Crippen molar-refractivity contribution in [2.45, 2.75) is 99.5 Å². The van der Waals surface area contributed by atoms with Crippen LogP contribution in [0.15, 0.2) is 18.2 Å². The zero-order chi connectivity index (χ0) is 21.8. The summed E-state index contributed by atoms with van der Waals surface area (Å²) < 4.78 is 2.39. The van der Waals surface area contributed by atoms with E-state index in [-0.39, 0.29) is 11.3 Å². The molecule has 29 heavy (non-hydrogen) atoms. The number of carbonyl (C=O) groups is 1. The molecule has 162 valence electrons. The predicted octanol–water partition coefficient (Wildman–Crippen LogP) is 6.92. The Morgan fingerprint density at radius 2 is 1.79 bits per heavy atom. The Morgan fingerprint density at radius 3 is 2.38 bits per heavy atom. The first-order valence-electron chi connectivity index (χ1n) is 11.3. The van der Waals surface area contributed by atoms with Crippen LogP contribution in [0.1, 0.15) is 93.3 Å². The number of nitrogens with zero attached hydrogens (tertiary/aromatic N) is 2. The van der Waals surface area contributed by atoms with Crippen molar-refractivity contribution in [1.29, 1.82) is 0 Å². The lowest BCUT2D eigenvalue weighted by molar-refractivity contribution is -0.123. The zero-order valence-electron chi connectivity index (χ0n) is 19.9. The second-order valence-electron chi connectivity index (χ2n) is 10.6. The molecule has 0 spiro atoms. The third-order valence-corrected chi connectivity index (χ3v) is 5.50. The Bertz CT molecular complexity index is 821. The predicted molar refractivity (Wildman–Crippen MR) is 124 cm³/mol. The van der Waals surface area contributed by atoms with Gasteiger partial charge in [0.05, 0.1) is 11.0 Å². The number of aryl methyl sites for hydroxylation is 1. The van der Waals surface area contributed by atoms with Gasteiger partial charge in [-0.25, -0.2) is 4.98 Å². The summed E-state index contributed by atoms with van der Waals surface area (Å²) in [7, 11) is 0. The van der Waals surface area contributed by atoms with E-state index in [1.807, 2.05) is 32.9 Å². The zero-order valence-corrected chi connectivity index (χ0v) is 19.9. The maximum atomic E-state index is 12.4. The Balaban J connectivity index is 2.27. The minimum absolute atomic E-state index is 0.0215. The molecule has 1 aromatic heterocycles. The maximum absolute atomic E-state index is 12.4. The van der Waals surface area contributed by atoms with E-state index >= 15 is 0 Å². The number of anilines is 1. The van der Waals surface area contributed by atoms with Crippen molar-refractivity contribution in [1.82, 2.24) is 9.55 Å². The maximum Gasteiger partial charge on any atom is 0.229 e. The van der Waals surface area contributed by atoms with Gasteiger partial charge in [-0.3, -0.25) is 4.79 Å². The second kappa shape index (κ2) is 9.32. The van der Waals surface area contributed by atoms with Crippen molar-refractivity contribution >= 4 is 22.6 Å². The van der Waals surface area contributed by atoms with E-state index in [0.29, 0.717) is 0 Å². The van der Waals surface area contributed by atoms with Crippen LogP contribution in [0, 0.1) is 11.3 Å². The van der Waals surface area contributed by atoms with E-state index in [1.165, 1.54) is 32.1 Å². The molecule has 0 aliphatic rings. The summed E-state index contributed by atoms with van der Waals surface area (Å²) in [5, 5.41) is 3.03. The molecule has 0 saturated carbocycles. The Kier molecular flexibility index (Phi) is 7.53. The van der Waals surface area contributed by atoms with Crippen LogP contribution in [0.2, 0.25) is 0 Å². The van der Waals surface area contributed by atoms with E-state index in [9.17, 15) is 4.79 Å². The van der Waals surface area contributed by atoms with Gasteiger partial charge in [0.15, 0.2) is 0 Å². The van der Waals surface area contributed by atoms with Crippen LogP contribution in [-0.4, -0.2) is 15.5 Å². The molecule has 2 aromatic rings. The van der Waals surface area contributed by atoms with Crippen molar-refractivity contribution in [3.05, 3.63) is 24.0 Å². The van der Waals surface area contributed by atoms with Gasteiger partial charge < -0.3 is 9.88 Å². The lowest BCUT2D eigenvalue weighted by atomic mass is 9.95. The molecule has 0 bridgehead atoms. The number of carbonyl (C=O) groups excluding carboxylic acids is 1. The van der Waals surface area contributed by atoms with E-state index < -0.39 is 5.41 Å². The molecular formula is C25H41N3O. The molecule has 1 aromatic carbocycles. The lowest BCUT2D eigenvalue weighted by Crippen LogP contribution is -2.27. The van der Waals surface area contributed by atoms with E-state index in [1.54, 1.807) is 0 Å². The Labute approximate surface area is 177 Å². The molecule has 0 fully saturated rings. The summed E-state index contributed by atoms with van der Waals surface area (Å²) in [5.41, 5.74) is 2.48. The second-order valence-corrected chi connectivity index (χ2v) is 10.6. The van der Waals surface area contributed by atoms with Gasteiger partial charge in [0, 0.05) is 23.1 Å². The normalized spacial score (nSPS) is 13.7. The highest BCUT2D eigenvalue weighted by Crippen LogP contribution is 2.29. The molecule has 1 amide bonds. The summed E-state index contributed by atoms with van der Waals surface area (Å²) in [5.74, 6) is 1.86. The first kappa shape index (κ1) is 23.4. The number of benzene rings is 1. The van der Waals surface area contributed by atoms with Gasteiger partial charge in [0.1, 0.15) is 5.82 Å². The number of aromatic nitrogens is 2. The van der Waals surface area contributed by atoms with Crippen LogP contribution in [0.5, 0.6) is 0 Å². The molecule has 1 atom stereocenters. The molecule has 2 rings (SSSR count). The Hall–Kier alpha value is -1.84. The molecule has 4 nitrogen and oxygen atoms in total. The minimum atomic E-state index is -0.418. The van der Waals surface area contributed by atoms with Gasteiger partial charge in [-0.1, -0.05) is 81.1 Å². The summed E-state index contributed by atoms with van der Waals surface area (Å²) >= 11 is 0. The molecule has 1 heterocycles. The first-order valence-corrected chi connectivity index (χ1v) is 11.3. The van der Waals surface area contributed by atoms with E-state index in [2.05, 4.69) is 50.6 Å². The molecule has 4 heteroatoms. The van der Waals surface area contributed by atoms with Crippen LogP contribution in [-0.2, 0) is 16.8 Å². The number of imidazole rings is 1. The van der Waals surface area contributed by atoms with Gasteiger partial charge in [0.2, 0.25) is 5.91 Å². The average molecular weight is 400 g/mol. The number of hydrogen-bond acceptors (Lipinski definition) is 2. The number of rotatable bonds is 8. The fourth-order valence-corrected chi connectivity index (χ4v) is 3.56. The van der Waals surface area contributed by atoms with Crippen LogP contribution >= 0.6 is 0 Å². The van der Waals surface area contributed by atoms with Crippen molar-refractivity contribution in [2.24, 2.45) is 11.3 Å². The van der Waals surface area contributed by atoms with Gasteiger partial charge in [-0.15, -0.1) is 0 Å². The minimum Gasteiger partial charge on any atom is -0.328 e. The van der Waals surface area contributed by atoms with Gasteiger partial charge in [0.25, 0.3) is 0 Å². The standard InChI is InChI=1S/C25H41N3O/c1-9-10-11-12-18(2)15-16-28-21-14-13-19(26-23(29)25(6,7)8)17-20(21)27-22(28)24(3,4)5/h13-14,17-18H,9-12,15-16H2,1-8H3,(H,26,29). The van der Waals surface area contributed by atoms with Crippen molar-refractivity contribution in [3.8, 4) is 0 Å². The largest absolute Gasteiger partial charge is 0.328 e. The van der Waals surface area contributed by atoms with E-state index in [0.717, 1.165) is 35.0 Å². The SMILES string of the molecule is CCCCCC(C)CCn1c(C(C)(C)C)nc2cc(NC(=O)C(C)(C)C)ccc21. The topological polar surface area (TPSA) is 46.9 Å². The van der Waals surface area contributed by atoms with Gasteiger partial charge >= 0.3 is 0 Å². The van der Waals surface area contributed by atoms with E-state index in [4.69, 9.17) is 4.98 Å². The molecule has 0 radical (unpaired) electrons. The quantitative estimate of drug-likeness (QED) is 0.489. The lowest BCUT2D eigenvalue weighted by Gasteiger charge is -2.21. The Morgan fingerprint density at radius 1 is 1.10 bits per heavy atom. The summed E-state index contributed by atoms with van der Waals surface area (Å²) in [6, 6.07) is 6.12. The number of amides is 1. The highest BCUT2D eigenvalue weighted by molar-refractivity contribution is 5.96. The van der Waals surface area contributed by atoms with Crippen LogP contribution < -0.4 is 5.32 Å². The average Bonchev–Trinajstić information content (AvgIpc) is 2.97. The van der Waals surface area contributed by atoms with Crippen molar-refractivity contribution in [3.63, 3.8) is 0 Å². The smallest absolute Gasteiger partial charge is 0.229 e. The summed E-state index contributed by atoms with van der Waals surface area (Å²) in [6.07, 6.45) is 6.40. The number of hydrogen-bond donors (Lipinski definition) is 1. The van der Waals surface area contributed by atoms with Crippen LogP contribution in [0.25, 0.3) is 11.0 Å². The van der Waals surface area contributed by atoms with Crippen molar-refractivity contribution < 1.29 is 4.79 Å². The highest BCUT2D eigenvalue weighted by Gasteiger charge is 2.24. The summed E-state index contributed by atoms with van der Waals surface area (Å²) in [6.45, 7) is 18.1. The fourth-order valence-electron chi connectivity index (χ4n) is 3.56. The molecule has 1 unspecified atom stereocenters. The van der Waals surface area contributed by atoms with Crippen LogP contribution in [0.3, 0.4) is 0 Å². The molecule has 0 saturated heterocycles. The monoisotopic (exact) mass is 399 g/mol. The third-order valence-electron chi connectivity index (χ3n) is 5.50.